The van der Waals surface area contributed by atoms with Crippen molar-refractivity contribution in [3.8, 4) is 0 Å². The molecule has 2 aliphatic rings. The molecule has 1 N–H and O–H groups in total. The van der Waals surface area contributed by atoms with Crippen LogP contribution in [0.4, 0.5) is 0 Å². The van der Waals surface area contributed by atoms with Gasteiger partial charge in [0.2, 0.25) is 0 Å². The molecule has 0 aliphatic heterocycles. The van der Waals surface area contributed by atoms with E-state index in [1.165, 1.54) is 21.9 Å². The van der Waals surface area contributed by atoms with Crippen molar-refractivity contribution in [2.24, 2.45) is 5.92 Å². The maximum absolute atomic E-state index is 8.53. The zero-order valence-electron chi connectivity index (χ0n) is 14.6. The average molecular weight is 325 g/mol. The number of rotatable bonds is 3. The number of hydrogen-bond acceptors (Lipinski definition) is 1. The summed E-state index contributed by atoms with van der Waals surface area (Å²) < 4.78 is 0. The minimum absolute atomic E-state index is 0.535. The number of benzene rings is 2. The molecule has 0 radical (unpaired) electrons. The van der Waals surface area contributed by atoms with E-state index in [4.69, 9.17) is 5.41 Å². The van der Waals surface area contributed by atoms with Crippen LogP contribution in [0.3, 0.4) is 0 Å². The topological polar surface area (TPSA) is 23.9 Å². The van der Waals surface area contributed by atoms with Crippen LogP contribution in [0.15, 0.2) is 84.0 Å². The third kappa shape index (κ3) is 3.28. The lowest BCUT2D eigenvalue weighted by Crippen LogP contribution is -2.09. The van der Waals surface area contributed by atoms with Crippen LogP contribution >= 0.6 is 0 Å². The monoisotopic (exact) mass is 325 g/mol. The van der Waals surface area contributed by atoms with Crippen molar-refractivity contribution in [1.82, 2.24) is 0 Å². The number of allylic oxidation sites excluding steroid dienone is 8. The molecule has 1 unspecified atom stereocenters. The Balaban J connectivity index is 1.59. The first-order valence-corrected chi connectivity index (χ1v) is 9.07. The summed E-state index contributed by atoms with van der Waals surface area (Å²) in [5.74, 6) is 0.535. The standard InChI is InChI=1S/C24H23N/c1-17-5-4-8-23(15-17)24(25)20-12-9-19(10-13-20)22-14-11-18-6-2-3-7-21(18)16-22/h2-4,6-9,11-12,14-17,25H,5,10,13H2,1H3. The van der Waals surface area contributed by atoms with Gasteiger partial charge in [0.1, 0.15) is 0 Å². The molecule has 124 valence electrons. The highest BCUT2D eigenvalue weighted by Crippen LogP contribution is 2.31. The number of hydrogen-bond donors (Lipinski definition) is 1. The highest BCUT2D eigenvalue weighted by molar-refractivity contribution is 6.12. The van der Waals surface area contributed by atoms with Gasteiger partial charge in [-0.2, -0.15) is 0 Å². The minimum Gasteiger partial charge on any atom is -0.300 e. The predicted octanol–water partition coefficient (Wildman–Crippen LogP) is 6.49. The van der Waals surface area contributed by atoms with Gasteiger partial charge in [-0.25, -0.2) is 0 Å². The summed E-state index contributed by atoms with van der Waals surface area (Å²) in [6.07, 6.45) is 13.9. The van der Waals surface area contributed by atoms with Crippen LogP contribution in [0.5, 0.6) is 0 Å². The quantitative estimate of drug-likeness (QED) is 0.624. The molecule has 1 heteroatoms. The van der Waals surface area contributed by atoms with Gasteiger partial charge in [0.05, 0.1) is 5.71 Å². The smallest absolute Gasteiger partial charge is 0.0641 e. The van der Waals surface area contributed by atoms with E-state index < -0.39 is 0 Å². The second-order valence-electron chi connectivity index (χ2n) is 7.06. The molecule has 1 nitrogen and oxygen atoms in total. The lowest BCUT2D eigenvalue weighted by atomic mass is 9.86. The van der Waals surface area contributed by atoms with Gasteiger partial charge in [0.25, 0.3) is 0 Å². The molecule has 1 atom stereocenters. The van der Waals surface area contributed by atoms with Gasteiger partial charge < -0.3 is 0 Å². The van der Waals surface area contributed by atoms with Gasteiger partial charge in [-0.1, -0.05) is 73.7 Å². The van der Waals surface area contributed by atoms with Gasteiger partial charge in [-0.15, -0.1) is 0 Å². The molecule has 0 bridgehead atoms. The zero-order valence-corrected chi connectivity index (χ0v) is 14.6. The predicted molar refractivity (Wildman–Crippen MR) is 108 cm³/mol. The SMILES string of the molecule is CC1C=C(C(=N)C2=CC=C(c3ccc4ccccc4c3)CC2)C=CC1. The van der Waals surface area contributed by atoms with Gasteiger partial charge in [-0.05, 0) is 64.3 Å². The van der Waals surface area contributed by atoms with Gasteiger partial charge in [0.15, 0.2) is 0 Å². The first-order chi connectivity index (χ1) is 12.2. The Morgan fingerprint density at radius 1 is 1.00 bits per heavy atom. The lowest BCUT2D eigenvalue weighted by Gasteiger charge is -2.19. The summed E-state index contributed by atoms with van der Waals surface area (Å²) in [6.45, 7) is 2.21. The van der Waals surface area contributed by atoms with E-state index in [0.29, 0.717) is 11.6 Å². The third-order valence-electron chi connectivity index (χ3n) is 5.15. The van der Waals surface area contributed by atoms with Gasteiger partial charge >= 0.3 is 0 Å². The Labute approximate surface area is 149 Å². The molecule has 0 spiro atoms. The van der Waals surface area contributed by atoms with Crippen LogP contribution < -0.4 is 0 Å². The van der Waals surface area contributed by atoms with Crippen molar-refractivity contribution in [3.05, 3.63) is 89.6 Å². The molecule has 0 saturated carbocycles. The Bertz CT molecular complexity index is 953. The van der Waals surface area contributed by atoms with Crippen LogP contribution in [0.25, 0.3) is 16.3 Å². The fourth-order valence-corrected chi connectivity index (χ4v) is 3.67. The summed E-state index contributed by atoms with van der Waals surface area (Å²) in [5, 5.41) is 11.1. The summed E-state index contributed by atoms with van der Waals surface area (Å²) in [6, 6.07) is 15.2. The van der Waals surface area contributed by atoms with Crippen molar-refractivity contribution in [1.29, 1.82) is 5.41 Å². The summed E-state index contributed by atoms with van der Waals surface area (Å²) >= 11 is 0. The van der Waals surface area contributed by atoms with Crippen molar-refractivity contribution < 1.29 is 0 Å². The van der Waals surface area contributed by atoms with E-state index in [1.54, 1.807) is 0 Å². The molecule has 4 rings (SSSR count). The van der Waals surface area contributed by atoms with Crippen molar-refractivity contribution in [3.63, 3.8) is 0 Å². The number of nitrogens with one attached hydrogen (secondary N) is 1. The van der Waals surface area contributed by atoms with Gasteiger partial charge in [-0.3, -0.25) is 5.41 Å². The first kappa shape index (κ1) is 15.8. The molecule has 2 aromatic carbocycles. The average Bonchev–Trinajstić information content (AvgIpc) is 2.67. The van der Waals surface area contributed by atoms with E-state index in [-0.39, 0.29) is 0 Å². The maximum atomic E-state index is 8.53. The van der Waals surface area contributed by atoms with Crippen LogP contribution in [0, 0.1) is 11.3 Å². The highest BCUT2D eigenvalue weighted by atomic mass is 14.4. The summed E-state index contributed by atoms with van der Waals surface area (Å²) in [4.78, 5) is 0. The largest absolute Gasteiger partial charge is 0.300 e. The van der Waals surface area contributed by atoms with Crippen LogP contribution in [-0.4, -0.2) is 5.71 Å². The Morgan fingerprint density at radius 2 is 1.84 bits per heavy atom. The molecular weight excluding hydrogens is 302 g/mol. The molecular formula is C24H23N. The molecule has 0 amide bonds. The summed E-state index contributed by atoms with van der Waals surface area (Å²) in [5.41, 5.74) is 5.58. The van der Waals surface area contributed by atoms with Crippen LogP contribution in [0.2, 0.25) is 0 Å². The third-order valence-corrected chi connectivity index (χ3v) is 5.15. The first-order valence-electron chi connectivity index (χ1n) is 9.07. The molecule has 2 aliphatic carbocycles. The zero-order chi connectivity index (χ0) is 17.2. The molecule has 0 aromatic heterocycles. The van der Waals surface area contributed by atoms with E-state index >= 15 is 0 Å². The van der Waals surface area contributed by atoms with E-state index in [9.17, 15) is 0 Å². The second-order valence-corrected chi connectivity index (χ2v) is 7.06. The van der Waals surface area contributed by atoms with E-state index in [1.807, 2.05) is 0 Å². The van der Waals surface area contributed by atoms with Crippen molar-refractivity contribution in [2.45, 2.75) is 26.2 Å². The lowest BCUT2D eigenvalue weighted by molar-refractivity contribution is 0.733. The Hall–Kier alpha value is -2.67. The number of fused-ring (bicyclic) bond motifs is 1. The molecule has 0 heterocycles. The van der Waals surface area contributed by atoms with Crippen molar-refractivity contribution >= 4 is 22.1 Å². The Kier molecular flexibility index (Phi) is 4.23. The molecule has 0 saturated heterocycles. The fourth-order valence-electron chi connectivity index (χ4n) is 3.67. The minimum atomic E-state index is 0.535. The maximum Gasteiger partial charge on any atom is 0.0641 e. The second kappa shape index (κ2) is 6.68. The Morgan fingerprint density at radius 3 is 2.60 bits per heavy atom. The van der Waals surface area contributed by atoms with Crippen molar-refractivity contribution in [2.75, 3.05) is 0 Å². The molecule has 2 aromatic rings. The van der Waals surface area contributed by atoms with E-state index in [0.717, 1.165) is 30.4 Å². The normalized spacial score (nSPS) is 20.0. The molecule has 25 heavy (non-hydrogen) atoms. The fraction of sp³-hybridized carbons (Fsp3) is 0.208. The van der Waals surface area contributed by atoms with E-state index in [2.05, 4.69) is 79.8 Å². The molecule has 0 fully saturated rings. The van der Waals surface area contributed by atoms with Gasteiger partial charge in [0, 0.05) is 0 Å². The van der Waals surface area contributed by atoms with Crippen LogP contribution in [-0.2, 0) is 0 Å². The van der Waals surface area contributed by atoms with Crippen LogP contribution in [0.1, 0.15) is 31.7 Å². The highest BCUT2D eigenvalue weighted by Gasteiger charge is 2.16. The summed E-state index contributed by atoms with van der Waals surface area (Å²) in [7, 11) is 0.